The fourth-order valence-electron chi connectivity index (χ4n) is 4.62. The fourth-order valence-corrected chi connectivity index (χ4v) is 4.62. The number of hydrogen-bond donors (Lipinski definition) is 2. The summed E-state index contributed by atoms with van der Waals surface area (Å²) in [5.74, 6) is 0.358. The highest BCUT2D eigenvalue weighted by Crippen LogP contribution is 2.54. The Labute approximate surface area is 158 Å². The molecule has 3 rings (SSSR count). The van der Waals surface area contributed by atoms with Gasteiger partial charge in [0.25, 0.3) is 0 Å². The zero-order valence-corrected chi connectivity index (χ0v) is 16.8. The second-order valence-corrected chi connectivity index (χ2v) is 8.53. The number of ether oxygens (including phenoxy) is 1. The van der Waals surface area contributed by atoms with Crippen molar-refractivity contribution in [3.63, 3.8) is 0 Å². The Bertz CT molecular complexity index is 687. The Morgan fingerprint density at radius 2 is 2.04 bits per heavy atom. The molecule has 3 unspecified atom stereocenters. The van der Waals surface area contributed by atoms with Gasteiger partial charge in [-0.3, -0.25) is 0 Å². The van der Waals surface area contributed by atoms with Gasteiger partial charge in [0.05, 0.1) is 0 Å². The third-order valence-electron chi connectivity index (χ3n) is 6.22. The highest BCUT2D eigenvalue weighted by Gasteiger charge is 2.46. The Kier molecular flexibility index (Phi) is 5.67. The SMILES string of the molecule is CCCCCCC(C)c1cc(O)c2c(c1)OC1(O)CCC(=C(C)C)C2C1. The van der Waals surface area contributed by atoms with Gasteiger partial charge in [-0.15, -0.1) is 0 Å². The number of hydrogen-bond acceptors (Lipinski definition) is 3. The number of phenolic OH excluding ortho intramolecular Hbond substituents is 1. The van der Waals surface area contributed by atoms with Gasteiger partial charge in [-0.2, -0.15) is 0 Å². The molecule has 1 saturated carbocycles. The van der Waals surface area contributed by atoms with Gasteiger partial charge in [-0.05, 0) is 50.3 Å². The molecule has 3 nitrogen and oxygen atoms in total. The van der Waals surface area contributed by atoms with Crippen molar-refractivity contribution in [2.75, 3.05) is 0 Å². The van der Waals surface area contributed by atoms with E-state index in [9.17, 15) is 10.2 Å². The molecule has 1 aromatic rings. The first kappa shape index (κ1) is 19.3. The molecule has 2 N–H and O–H groups in total. The molecule has 1 aliphatic heterocycles. The van der Waals surface area contributed by atoms with Crippen molar-refractivity contribution < 1.29 is 14.9 Å². The molecule has 0 spiro atoms. The Hall–Kier alpha value is -1.48. The number of phenols is 1. The smallest absolute Gasteiger partial charge is 0.209 e. The maximum absolute atomic E-state index is 10.8. The normalized spacial score (nSPS) is 25.4. The molecule has 1 aliphatic carbocycles. The van der Waals surface area contributed by atoms with Crippen LogP contribution in [0, 0.1) is 0 Å². The first-order chi connectivity index (χ1) is 12.3. The lowest BCUT2D eigenvalue weighted by atomic mass is 9.72. The summed E-state index contributed by atoms with van der Waals surface area (Å²) in [5, 5.41) is 21.6. The van der Waals surface area contributed by atoms with Crippen LogP contribution in [0.25, 0.3) is 0 Å². The molecule has 2 bridgehead atoms. The van der Waals surface area contributed by atoms with E-state index >= 15 is 0 Å². The zero-order chi connectivity index (χ0) is 18.9. The molecular weight excluding hydrogens is 324 g/mol. The van der Waals surface area contributed by atoms with Gasteiger partial charge in [0.1, 0.15) is 11.5 Å². The standard InChI is InChI=1S/C23H34O3/c1-5-6-7-8-9-16(4)17-12-20(24)22-19-14-23(25,26-21(22)13-17)11-10-18(19)15(2)3/h12-13,16,19,24-25H,5-11,14H2,1-4H3. The summed E-state index contributed by atoms with van der Waals surface area (Å²) in [5.41, 5.74) is 4.61. The lowest BCUT2D eigenvalue weighted by molar-refractivity contribution is -0.165. The van der Waals surface area contributed by atoms with Crippen molar-refractivity contribution in [1.29, 1.82) is 0 Å². The van der Waals surface area contributed by atoms with Crippen LogP contribution in [0.15, 0.2) is 23.3 Å². The van der Waals surface area contributed by atoms with Gasteiger partial charge in [0.2, 0.25) is 5.79 Å². The molecule has 0 saturated heterocycles. The van der Waals surface area contributed by atoms with Crippen molar-refractivity contribution in [2.24, 2.45) is 0 Å². The summed E-state index contributed by atoms with van der Waals surface area (Å²) in [6.07, 6.45) is 8.12. The van der Waals surface area contributed by atoms with E-state index < -0.39 is 5.79 Å². The number of benzene rings is 1. The van der Waals surface area contributed by atoms with Gasteiger partial charge >= 0.3 is 0 Å². The molecule has 0 aromatic heterocycles. The minimum absolute atomic E-state index is 0.0661. The molecular formula is C23H34O3. The first-order valence-corrected chi connectivity index (χ1v) is 10.3. The summed E-state index contributed by atoms with van der Waals surface area (Å²) in [6, 6.07) is 3.98. The highest BCUT2D eigenvalue weighted by molar-refractivity contribution is 5.55. The fraction of sp³-hybridized carbons (Fsp3) is 0.652. The number of unbranched alkanes of at least 4 members (excludes halogenated alkanes) is 3. The number of fused-ring (bicyclic) bond motifs is 4. The van der Waals surface area contributed by atoms with E-state index in [0.29, 0.717) is 30.3 Å². The highest BCUT2D eigenvalue weighted by atomic mass is 16.6. The molecule has 3 heteroatoms. The molecule has 1 aromatic carbocycles. The number of allylic oxidation sites excluding steroid dienone is 2. The van der Waals surface area contributed by atoms with Crippen LogP contribution in [-0.4, -0.2) is 16.0 Å². The maximum Gasteiger partial charge on any atom is 0.209 e. The van der Waals surface area contributed by atoms with E-state index in [1.54, 1.807) is 0 Å². The van der Waals surface area contributed by atoms with Crippen molar-refractivity contribution in [3.8, 4) is 11.5 Å². The Morgan fingerprint density at radius 1 is 1.27 bits per heavy atom. The third-order valence-corrected chi connectivity index (χ3v) is 6.22. The van der Waals surface area contributed by atoms with Crippen LogP contribution < -0.4 is 4.74 Å². The van der Waals surface area contributed by atoms with E-state index in [0.717, 1.165) is 24.0 Å². The van der Waals surface area contributed by atoms with Crippen LogP contribution in [0.4, 0.5) is 0 Å². The van der Waals surface area contributed by atoms with E-state index in [-0.39, 0.29) is 5.92 Å². The largest absolute Gasteiger partial charge is 0.507 e. The molecule has 144 valence electrons. The summed E-state index contributed by atoms with van der Waals surface area (Å²) in [7, 11) is 0. The van der Waals surface area contributed by atoms with Gasteiger partial charge in [0, 0.05) is 24.3 Å². The Morgan fingerprint density at radius 3 is 2.73 bits per heavy atom. The van der Waals surface area contributed by atoms with Gasteiger partial charge in [0.15, 0.2) is 0 Å². The third kappa shape index (κ3) is 3.78. The van der Waals surface area contributed by atoms with E-state index in [1.165, 1.54) is 36.8 Å². The minimum Gasteiger partial charge on any atom is -0.507 e. The predicted molar refractivity (Wildman–Crippen MR) is 106 cm³/mol. The van der Waals surface area contributed by atoms with E-state index in [4.69, 9.17) is 4.74 Å². The van der Waals surface area contributed by atoms with Crippen LogP contribution >= 0.6 is 0 Å². The first-order valence-electron chi connectivity index (χ1n) is 10.3. The molecule has 2 aliphatic rings. The molecule has 3 atom stereocenters. The summed E-state index contributed by atoms with van der Waals surface area (Å²) in [6.45, 7) is 8.69. The minimum atomic E-state index is -1.09. The Balaban J connectivity index is 1.89. The summed E-state index contributed by atoms with van der Waals surface area (Å²) in [4.78, 5) is 0. The van der Waals surface area contributed by atoms with Crippen LogP contribution in [0.3, 0.4) is 0 Å². The lowest BCUT2D eigenvalue weighted by Gasteiger charge is -2.44. The van der Waals surface area contributed by atoms with Gasteiger partial charge in [-0.25, -0.2) is 0 Å². The second-order valence-electron chi connectivity index (χ2n) is 8.53. The number of rotatable bonds is 6. The lowest BCUT2D eigenvalue weighted by Crippen LogP contribution is -2.44. The summed E-state index contributed by atoms with van der Waals surface area (Å²) < 4.78 is 6.01. The van der Waals surface area contributed by atoms with Crippen molar-refractivity contribution in [3.05, 3.63) is 34.4 Å². The van der Waals surface area contributed by atoms with Crippen LogP contribution in [-0.2, 0) is 0 Å². The number of aromatic hydroxyl groups is 1. The zero-order valence-electron chi connectivity index (χ0n) is 16.8. The topological polar surface area (TPSA) is 49.7 Å². The number of aliphatic hydroxyl groups is 1. The average Bonchev–Trinajstić information content (AvgIpc) is 2.57. The van der Waals surface area contributed by atoms with E-state index in [1.807, 2.05) is 6.07 Å². The molecule has 0 radical (unpaired) electrons. The monoisotopic (exact) mass is 358 g/mol. The average molecular weight is 359 g/mol. The quantitative estimate of drug-likeness (QED) is 0.473. The second kappa shape index (κ2) is 7.64. The van der Waals surface area contributed by atoms with Gasteiger partial charge in [-0.1, -0.05) is 50.7 Å². The van der Waals surface area contributed by atoms with Crippen LogP contribution in [0.5, 0.6) is 11.5 Å². The van der Waals surface area contributed by atoms with Crippen molar-refractivity contribution >= 4 is 0 Å². The molecule has 26 heavy (non-hydrogen) atoms. The van der Waals surface area contributed by atoms with Gasteiger partial charge < -0.3 is 14.9 Å². The predicted octanol–water partition coefficient (Wildman–Crippen LogP) is 6.15. The van der Waals surface area contributed by atoms with Crippen LogP contribution in [0.2, 0.25) is 0 Å². The molecule has 0 amide bonds. The van der Waals surface area contributed by atoms with Crippen molar-refractivity contribution in [2.45, 2.75) is 96.7 Å². The van der Waals surface area contributed by atoms with Crippen LogP contribution in [0.1, 0.15) is 102 Å². The molecule has 1 heterocycles. The maximum atomic E-state index is 10.8. The molecule has 1 fully saturated rings. The summed E-state index contributed by atoms with van der Waals surface area (Å²) >= 11 is 0. The van der Waals surface area contributed by atoms with E-state index in [2.05, 4.69) is 33.8 Å². The van der Waals surface area contributed by atoms with Crippen molar-refractivity contribution in [1.82, 2.24) is 0 Å².